The van der Waals surface area contributed by atoms with Crippen molar-refractivity contribution in [2.24, 2.45) is 23.2 Å². The Morgan fingerprint density at radius 2 is 1.62 bits per heavy atom. The van der Waals surface area contributed by atoms with Gasteiger partial charge in [0.15, 0.2) is 0 Å². The van der Waals surface area contributed by atoms with Crippen LogP contribution in [0.25, 0.3) is 0 Å². The van der Waals surface area contributed by atoms with Gasteiger partial charge in [-0.3, -0.25) is 0 Å². The van der Waals surface area contributed by atoms with Gasteiger partial charge in [-0.1, -0.05) is 0 Å². The number of alkyl halides is 3. The summed E-state index contributed by atoms with van der Waals surface area (Å²) in [4.78, 5) is 11.6. The predicted molar refractivity (Wildman–Crippen MR) is 71.4 cm³/mol. The van der Waals surface area contributed by atoms with Gasteiger partial charge >= 0.3 is 12.1 Å². The van der Waals surface area contributed by atoms with Crippen molar-refractivity contribution < 1.29 is 22.7 Å². The first-order chi connectivity index (χ1) is 9.76. The zero-order valence-electron chi connectivity index (χ0n) is 12.2. The van der Waals surface area contributed by atoms with E-state index in [4.69, 9.17) is 4.74 Å². The summed E-state index contributed by atoms with van der Waals surface area (Å²) in [5, 5.41) is 0. The third-order valence-electron chi connectivity index (χ3n) is 5.65. The summed E-state index contributed by atoms with van der Waals surface area (Å²) < 4.78 is 41.5. The van der Waals surface area contributed by atoms with E-state index in [9.17, 15) is 18.0 Å². The van der Waals surface area contributed by atoms with Crippen molar-refractivity contribution in [1.29, 1.82) is 0 Å². The van der Waals surface area contributed by atoms with E-state index in [1.54, 1.807) is 0 Å². The van der Waals surface area contributed by atoms with Crippen LogP contribution >= 0.6 is 0 Å². The maximum absolute atomic E-state index is 12.1. The molecule has 1 atom stereocenters. The Hall–Kier alpha value is -1.00. The molecule has 4 bridgehead atoms. The fourth-order valence-corrected chi connectivity index (χ4v) is 5.18. The maximum atomic E-state index is 12.1. The zero-order valence-corrected chi connectivity index (χ0v) is 12.2. The van der Waals surface area contributed by atoms with Crippen LogP contribution < -0.4 is 0 Å². The Labute approximate surface area is 122 Å². The van der Waals surface area contributed by atoms with E-state index in [-0.39, 0.29) is 17.6 Å². The topological polar surface area (TPSA) is 26.3 Å². The molecule has 4 saturated carbocycles. The summed E-state index contributed by atoms with van der Waals surface area (Å²) in [6.45, 7) is 1.85. The zero-order chi connectivity index (χ0) is 15.3. The predicted octanol–water partition coefficient (Wildman–Crippen LogP) is 4.25. The van der Waals surface area contributed by atoms with Crippen molar-refractivity contribution in [3.63, 3.8) is 0 Å². The normalized spacial score (nSPS) is 39.7. The van der Waals surface area contributed by atoms with Crippen LogP contribution in [0.1, 0.15) is 45.4 Å². The Bertz CT molecular complexity index is 418. The summed E-state index contributed by atoms with van der Waals surface area (Å²) in [7, 11) is 0. The molecule has 0 radical (unpaired) electrons. The van der Waals surface area contributed by atoms with Crippen molar-refractivity contribution in [3.05, 3.63) is 12.2 Å². The SMILES string of the molecule is CC(OC(=O)C=CC(F)(F)F)C12CC3CC(CC(C3)C1)C2. The molecule has 0 N–H and O–H groups in total. The number of carbonyl (C=O) groups is 1. The molecule has 0 spiro atoms. The van der Waals surface area contributed by atoms with Crippen LogP contribution in [0.15, 0.2) is 12.2 Å². The van der Waals surface area contributed by atoms with Crippen LogP contribution in [-0.4, -0.2) is 18.2 Å². The smallest absolute Gasteiger partial charge is 0.410 e. The van der Waals surface area contributed by atoms with Crippen LogP contribution in [0.4, 0.5) is 13.2 Å². The summed E-state index contributed by atoms with van der Waals surface area (Å²) in [5.41, 5.74) is 0.0104. The fraction of sp³-hybridized carbons (Fsp3) is 0.812. The highest BCUT2D eigenvalue weighted by molar-refractivity contribution is 5.82. The van der Waals surface area contributed by atoms with Crippen molar-refractivity contribution in [3.8, 4) is 0 Å². The lowest BCUT2D eigenvalue weighted by Gasteiger charge is -2.58. The Balaban J connectivity index is 1.64. The van der Waals surface area contributed by atoms with Gasteiger partial charge < -0.3 is 4.74 Å². The van der Waals surface area contributed by atoms with Crippen LogP contribution in [0, 0.1) is 23.2 Å². The largest absolute Gasteiger partial charge is 0.459 e. The number of halogens is 3. The van der Waals surface area contributed by atoms with E-state index in [1.807, 2.05) is 6.92 Å². The number of ether oxygens (including phenoxy) is 1. The highest BCUT2D eigenvalue weighted by atomic mass is 19.4. The Morgan fingerprint density at radius 1 is 1.14 bits per heavy atom. The van der Waals surface area contributed by atoms with Crippen LogP contribution in [0.5, 0.6) is 0 Å². The molecule has 21 heavy (non-hydrogen) atoms. The molecule has 1 unspecified atom stereocenters. The number of carbonyl (C=O) groups excluding carboxylic acids is 1. The first-order valence-electron chi connectivity index (χ1n) is 7.72. The highest BCUT2D eigenvalue weighted by Gasteiger charge is 2.54. The summed E-state index contributed by atoms with van der Waals surface area (Å²) in [6.07, 6.45) is 2.73. The second-order valence-electron chi connectivity index (χ2n) is 7.23. The van der Waals surface area contributed by atoms with E-state index in [0.717, 1.165) is 37.0 Å². The van der Waals surface area contributed by atoms with Gasteiger partial charge in [0, 0.05) is 17.6 Å². The minimum Gasteiger partial charge on any atom is -0.459 e. The highest BCUT2D eigenvalue weighted by Crippen LogP contribution is 2.61. The molecule has 2 nitrogen and oxygen atoms in total. The van der Waals surface area contributed by atoms with E-state index in [2.05, 4.69) is 0 Å². The van der Waals surface area contributed by atoms with Crippen molar-refractivity contribution in [2.45, 2.75) is 57.7 Å². The van der Waals surface area contributed by atoms with Crippen LogP contribution in [0.3, 0.4) is 0 Å². The number of rotatable bonds is 3. The third kappa shape index (κ3) is 3.11. The molecule has 0 aromatic rings. The van der Waals surface area contributed by atoms with Gasteiger partial charge in [0.1, 0.15) is 6.10 Å². The van der Waals surface area contributed by atoms with E-state index in [1.165, 1.54) is 19.3 Å². The van der Waals surface area contributed by atoms with Crippen molar-refractivity contribution >= 4 is 5.97 Å². The van der Waals surface area contributed by atoms with Gasteiger partial charge in [-0.05, 0) is 63.2 Å². The Kier molecular flexibility index (Phi) is 3.57. The lowest BCUT2D eigenvalue weighted by Crippen LogP contribution is -2.51. The maximum Gasteiger partial charge on any atom is 0.410 e. The summed E-state index contributed by atoms with van der Waals surface area (Å²) in [6, 6.07) is 0. The molecule has 0 heterocycles. The number of allylic oxidation sites excluding steroid dienone is 1. The van der Waals surface area contributed by atoms with Gasteiger partial charge in [-0.15, -0.1) is 0 Å². The molecular weight excluding hydrogens is 281 g/mol. The van der Waals surface area contributed by atoms with Crippen molar-refractivity contribution in [2.75, 3.05) is 0 Å². The molecule has 4 aliphatic rings. The molecule has 118 valence electrons. The van der Waals surface area contributed by atoms with Gasteiger partial charge in [-0.25, -0.2) is 4.79 Å². The average Bonchev–Trinajstić information content (AvgIpc) is 2.34. The molecule has 4 rings (SSSR count). The monoisotopic (exact) mass is 302 g/mol. The van der Waals surface area contributed by atoms with Gasteiger partial charge in [-0.2, -0.15) is 13.2 Å². The molecule has 4 aliphatic carbocycles. The van der Waals surface area contributed by atoms with Gasteiger partial charge in [0.05, 0.1) is 0 Å². The van der Waals surface area contributed by atoms with Gasteiger partial charge in [0.25, 0.3) is 0 Å². The van der Waals surface area contributed by atoms with E-state index in [0.29, 0.717) is 6.08 Å². The first-order valence-corrected chi connectivity index (χ1v) is 7.72. The minimum absolute atomic E-state index is 0.0104. The van der Waals surface area contributed by atoms with Crippen LogP contribution in [-0.2, 0) is 9.53 Å². The second kappa shape index (κ2) is 5.03. The molecule has 0 saturated heterocycles. The molecule has 0 aliphatic heterocycles. The van der Waals surface area contributed by atoms with Crippen molar-refractivity contribution in [1.82, 2.24) is 0 Å². The molecule has 0 aromatic heterocycles. The minimum atomic E-state index is -4.47. The standard InChI is InChI=1S/C16H21F3O2/c1-10(21-14(20)2-3-16(17,18)19)15-7-11-4-12(8-15)6-13(5-11)9-15/h2-3,10-13H,4-9H2,1H3. The lowest BCUT2D eigenvalue weighted by molar-refractivity contribution is -0.165. The van der Waals surface area contributed by atoms with Gasteiger partial charge in [0.2, 0.25) is 0 Å². The molecule has 5 heteroatoms. The molecule has 0 aromatic carbocycles. The fourth-order valence-electron chi connectivity index (χ4n) is 5.18. The molecule has 0 amide bonds. The lowest BCUT2D eigenvalue weighted by atomic mass is 9.48. The number of esters is 1. The number of hydrogen-bond donors (Lipinski definition) is 0. The Morgan fingerprint density at radius 3 is 2.05 bits per heavy atom. The average molecular weight is 302 g/mol. The second-order valence-corrected chi connectivity index (χ2v) is 7.23. The number of hydrogen-bond acceptors (Lipinski definition) is 2. The summed E-state index contributed by atoms with van der Waals surface area (Å²) in [5.74, 6) is 1.30. The summed E-state index contributed by atoms with van der Waals surface area (Å²) >= 11 is 0. The molecular formula is C16H21F3O2. The molecule has 4 fully saturated rings. The third-order valence-corrected chi connectivity index (χ3v) is 5.65. The van der Waals surface area contributed by atoms with Crippen LogP contribution in [0.2, 0.25) is 0 Å². The first kappa shape index (κ1) is 14.9. The van der Waals surface area contributed by atoms with E-state index >= 15 is 0 Å². The quantitative estimate of drug-likeness (QED) is 0.575. The van der Waals surface area contributed by atoms with E-state index < -0.39 is 12.1 Å².